The molecule has 5 heteroatoms. The standard InChI is InChI=1S/C15H19N3O2/c1-2-17-7-9-18(10-8-17)15(19)12-20-14-6-4-3-5-13(14)11-16/h3-6H,2,7-10,12H2,1H3. The van der Waals surface area contributed by atoms with Crippen LogP contribution in [-0.2, 0) is 4.79 Å². The van der Waals surface area contributed by atoms with Crippen LogP contribution in [-0.4, -0.2) is 55.0 Å². The Morgan fingerprint density at radius 2 is 2.00 bits per heavy atom. The number of carbonyl (C=O) groups is 1. The van der Waals surface area contributed by atoms with Gasteiger partial charge in [0.05, 0.1) is 5.56 Å². The molecule has 20 heavy (non-hydrogen) atoms. The average molecular weight is 273 g/mol. The Kier molecular flexibility index (Phi) is 4.97. The Labute approximate surface area is 119 Å². The zero-order chi connectivity index (χ0) is 14.4. The zero-order valence-corrected chi connectivity index (χ0v) is 11.7. The van der Waals surface area contributed by atoms with Crippen molar-refractivity contribution < 1.29 is 9.53 Å². The second-order valence-corrected chi connectivity index (χ2v) is 4.71. The van der Waals surface area contributed by atoms with Gasteiger partial charge in [0.15, 0.2) is 6.61 Å². The Morgan fingerprint density at radius 1 is 1.30 bits per heavy atom. The SMILES string of the molecule is CCN1CCN(C(=O)COc2ccccc2C#N)CC1. The first-order valence-corrected chi connectivity index (χ1v) is 6.86. The van der Waals surface area contributed by atoms with Crippen molar-refractivity contribution in [2.75, 3.05) is 39.3 Å². The lowest BCUT2D eigenvalue weighted by Gasteiger charge is -2.33. The largest absolute Gasteiger partial charge is 0.482 e. The molecule has 5 nitrogen and oxygen atoms in total. The van der Waals surface area contributed by atoms with Gasteiger partial charge in [-0.2, -0.15) is 5.26 Å². The van der Waals surface area contributed by atoms with Crippen LogP contribution in [0.2, 0.25) is 0 Å². The molecule has 0 bridgehead atoms. The van der Waals surface area contributed by atoms with Gasteiger partial charge in [-0.3, -0.25) is 4.79 Å². The monoisotopic (exact) mass is 273 g/mol. The molecule has 0 spiro atoms. The summed E-state index contributed by atoms with van der Waals surface area (Å²) in [6, 6.07) is 9.01. The van der Waals surface area contributed by atoms with Gasteiger partial charge in [-0.15, -0.1) is 0 Å². The summed E-state index contributed by atoms with van der Waals surface area (Å²) in [5.74, 6) is 0.448. The van der Waals surface area contributed by atoms with Gasteiger partial charge in [0.2, 0.25) is 0 Å². The quantitative estimate of drug-likeness (QED) is 0.824. The molecule has 0 aromatic heterocycles. The van der Waals surface area contributed by atoms with Gasteiger partial charge in [0, 0.05) is 26.2 Å². The molecule has 0 N–H and O–H groups in total. The van der Waals surface area contributed by atoms with Gasteiger partial charge >= 0.3 is 0 Å². The number of hydrogen-bond donors (Lipinski definition) is 0. The highest BCUT2D eigenvalue weighted by Gasteiger charge is 2.20. The lowest BCUT2D eigenvalue weighted by atomic mass is 10.2. The number of nitrogens with zero attached hydrogens (tertiary/aromatic N) is 3. The maximum atomic E-state index is 12.1. The summed E-state index contributed by atoms with van der Waals surface area (Å²) in [4.78, 5) is 16.2. The fourth-order valence-corrected chi connectivity index (χ4v) is 2.23. The molecule has 1 saturated heterocycles. The minimum absolute atomic E-state index is 0.00911. The molecule has 1 aromatic carbocycles. The van der Waals surface area contributed by atoms with E-state index in [4.69, 9.17) is 10.00 Å². The maximum Gasteiger partial charge on any atom is 0.260 e. The van der Waals surface area contributed by atoms with Crippen molar-refractivity contribution in [3.05, 3.63) is 29.8 Å². The van der Waals surface area contributed by atoms with Crippen LogP contribution in [0.4, 0.5) is 0 Å². The number of rotatable bonds is 4. The molecule has 0 radical (unpaired) electrons. The Bertz CT molecular complexity index is 502. The minimum Gasteiger partial charge on any atom is -0.482 e. The number of nitriles is 1. The Morgan fingerprint density at radius 3 is 2.65 bits per heavy atom. The Balaban J connectivity index is 1.85. The number of para-hydroxylation sites is 1. The highest BCUT2D eigenvalue weighted by molar-refractivity contribution is 5.78. The fourth-order valence-electron chi connectivity index (χ4n) is 2.23. The predicted octanol–water partition coefficient (Wildman–Crippen LogP) is 1.10. The van der Waals surface area contributed by atoms with Crippen LogP contribution in [0.5, 0.6) is 5.75 Å². The van der Waals surface area contributed by atoms with Crippen molar-refractivity contribution in [3.8, 4) is 11.8 Å². The molecular formula is C15H19N3O2. The summed E-state index contributed by atoms with van der Waals surface area (Å²) in [7, 11) is 0. The molecule has 0 saturated carbocycles. The average Bonchev–Trinajstić information content (AvgIpc) is 2.53. The van der Waals surface area contributed by atoms with E-state index < -0.39 is 0 Å². The van der Waals surface area contributed by atoms with Gasteiger partial charge in [0.25, 0.3) is 5.91 Å². The van der Waals surface area contributed by atoms with E-state index in [1.807, 2.05) is 4.90 Å². The lowest BCUT2D eigenvalue weighted by molar-refractivity contribution is -0.135. The summed E-state index contributed by atoms with van der Waals surface area (Å²) < 4.78 is 5.47. The number of carbonyl (C=O) groups excluding carboxylic acids is 1. The van der Waals surface area contributed by atoms with E-state index >= 15 is 0 Å². The van der Waals surface area contributed by atoms with Crippen LogP contribution < -0.4 is 4.74 Å². The summed E-state index contributed by atoms with van der Waals surface area (Å²) in [6.07, 6.45) is 0. The molecule has 1 fully saturated rings. The molecule has 1 aliphatic rings. The second-order valence-electron chi connectivity index (χ2n) is 4.71. The molecule has 2 rings (SSSR count). The third kappa shape index (κ3) is 3.49. The van der Waals surface area contributed by atoms with Crippen LogP contribution in [0.15, 0.2) is 24.3 Å². The van der Waals surface area contributed by atoms with Crippen molar-refractivity contribution in [2.24, 2.45) is 0 Å². The lowest BCUT2D eigenvalue weighted by Crippen LogP contribution is -2.49. The van der Waals surface area contributed by atoms with E-state index in [1.54, 1.807) is 24.3 Å². The van der Waals surface area contributed by atoms with Gasteiger partial charge < -0.3 is 14.5 Å². The first-order chi connectivity index (χ1) is 9.74. The summed E-state index contributed by atoms with van der Waals surface area (Å²) >= 11 is 0. The van der Waals surface area contributed by atoms with Crippen molar-refractivity contribution in [2.45, 2.75) is 6.92 Å². The van der Waals surface area contributed by atoms with E-state index in [0.717, 1.165) is 32.7 Å². The van der Waals surface area contributed by atoms with Crippen molar-refractivity contribution in [3.63, 3.8) is 0 Å². The molecule has 1 amide bonds. The smallest absolute Gasteiger partial charge is 0.260 e. The maximum absolute atomic E-state index is 12.1. The third-order valence-corrected chi connectivity index (χ3v) is 3.53. The molecule has 1 heterocycles. The highest BCUT2D eigenvalue weighted by Crippen LogP contribution is 2.16. The van der Waals surface area contributed by atoms with Crippen LogP contribution in [0.1, 0.15) is 12.5 Å². The van der Waals surface area contributed by atoms with Crippen molar-refractivity contribution >= 4 is 5.91 Å². The number of benzene rings is 1. The fraction of sp³-hybridized carbons (Fsp3) is 0.467. The molecule has 0 aliphatic carbocycles. The van der Waals surface area contributed by atoms with E-state index in [9.17, 15) is 4.79 Å². The van der Waals surface area contributed by atoms with Gasteiger partial charge in [-0.25, -0.2) is 0 Å². The van der Waals surface area contributed by atoms with Crippen LogP contribution >= 0.6 is 0 Å². The summed E-state index contributed by atoms with van der Waals surface area (Å²) in [5, 5.41) is 8.96. The van der Waals surface area contributed by atoms with Crippen LogP contribution in [0.3, 0.4) is 0 Å². The first kappa shape index (κ1) is 14.4. The number of likely N-dealkylation sites (N-methyl/N-ethyl adjacent to an activating group) is 1. The van der Waals surface area contributed by atoms with E-state index in [-0.39, 0.29) is 12.5 Å². The summed E-state index contributed by atoms with van der Waals surface area (Å²) in [6.45, 7) is 6.46. The predicted molar refractivity (Wildman–Crippen MR) is 75.3 cm³/mol. The van der Waals surface area contributed by atoms with Crippen LogP contribution in [0.25, 0.3) is 0 Å². The molecule has 1 aromatic rings. The Hall–Kier alpha value is -2.06. The van der Waals surface area contributed by atoms with E-state index in [2.05, 4.69) is 17.9 Å². The molecule has 0 atom stereocenters. The van der Waals surface area contributed by atoms with Crippen molar-refractivity contribution in [1.29, 1.82) is 5.26 Å². The third-order valence-electron chi connectivity index (χ3n) is 3.53. The normalized spacial score (nSPS) is 15.7. The molecule has 1 aliphatic heterocycles. The number of piperazine rings is 1. The van der Waals surface area contributed by atoms with Crippen LogP contribution in [0, 0.1) is 11.3 Å². The van der Waals surface area contributed by atoms with E-state index in [1.165, 1.54) is 0 Å². The minimum atomic E-state index is -0.0199. The highest BCUT2D eigenvalue weighted by atomic mass is 16.5. The van der Waals surface area contributed by atoms with E-state index in [0.29, 0.717) is 11.3 Å². The summed E-state index contributed by atoms with van der Waals surface area (Å²) in [5.41, 5.74) is 0.455. The molecule has 106 valence electrons. The number of amides is 1. The number of ether oxygens (including phenoxy) is 1. The molecule has 0 unspecified atom stereocenters. The van der Waals surface area contributed by atoms with Gasteiger partial charge in [-0.1, -0.05) is 19.1 Å². The topological polar surface area (TPSA) is 56.6 Å². The first-order valence-electron chi connectivity index (χ1n) is 6.86. The second kappa shape index (κ2) is 6.92. The number of hydrogen-bond acceptors (Lipinski definition) is 4. The zero-order valence-electron chi connectivity index (χ0n) is 11.7. The van der Waals surface area contributed by atoms with Gasteiger partial charge in [-0.05, 0) is 18.7 Å². The van der Waals surface area contributed by atoms with Crippen molar-refractivity contribution in [1.82, 2.24) is 9.80 Å². The molecular weight excluding hydrogens is 254 g/mol. The van der Waals surface area contributed by atoms with Gasteiger partial charge in [0.1, 0.15) is 11.8 Å².